The van der Waals surface area contributed by atoms with Crippen molar-refractivity contribution < 1.29 is 28.6 Å². The Labute approximate surface area is 427 Å². The van der Waals surface area contributed by atoms with Crippen molar-refractivity contribution in [3.8, 4) is 0 Å². The monoisotopic (exact) mass is 963 g/mol. The van der Waals surface area contributed by atoms with E-state index >= 15 is 0 Å². The molecule has 6 nitrogen and oxygen atoms in total. The van der Waals surface area contributed by atoms with Gasteiger partial charge in [0.2, 0.25) is 0 Å². The molecule has 0 spiro atoms. The molecule has 0 saturated carbocycles. The number of esters is 3. The fourth-order valence-corrected chi connectivity index (χ4v) is 8.22. The minimum absolute atomic E-state index is 0.0851. The molecule has 1 atom stereocenters. The summed E-state index contributed by atoms with van der Waals surface area (Å²) in [5.41, 5.74) is 0. The highest BCUT2D eigenvalue weighted by atomic mass is 16.6. The maximum Gasteiger partial charge on any atom is 0.306 e. The number of hydrogen-bond donors (Lipinski definition) is 0. The molecule has 0 unspecified atom stereocenters. The van der Waals surface area contributed by atoms with Crippen LogP contribution in [0.15, 0.2) is 72.9 Å². The molecule has 6 heteroatoms. The van der Waals surface area contributed by atoms with Gasteiger partial charge >= 0.3 is 17.9 Å². The molecule has 398 valence electrons. The van der Waals surface area contributed by atoms with Crippen LogP contribution in [0.3, 0.4) is 0 Å². The van der Waals surface area contributed by atoms with Crippen LogP contribution in [0.1, 0.15) is 290 Å². The largest absolute Gasteiger partial charge is 0.462 e. The molecule has 0 amide bonds. The SMILES string of the molecule is CCCCC/C=C\C/C=C\C/C=C\C/C=C\CCCCCC(=O)OC[C@H](COC(=O)CCCCCCCCCCCCCCC)OC(=O)CCCCCCCCCCC/C=C\C/C=C\CCCCC. The van der Waals surface area contributed by atoms with E-state index in [1.165, 1.54) is 161 Å². The number of carbonyl (C=O) groups excluding carboxylic acids is 3. The first-order valence-electron chi connectivity index (χ1n) is 29.4. The highest BCUT2D eigenvalue weighted by Gasteiger charge is 2.19. The van der Waals surface area contributed by atoms with Gasteiger partial charge in [-0.15, -0.1) is 0 Å². The highest BCUT2D eigenvalue weighted by Crippen LogP contribution is 2.16. The van der Waals surface area contributed by atoms with Gasteiger partial charge in [-0.3, -0.25) is 14.4 Å². The molecule has 0 N–H and O–H groups in total. The fraction of sp³-hybridized carbons (Fsp3) is 0.762. The minimum atomic E-state index is -0.790. The lowest BCUT2D eigenvalue weighted by Crippen LogP contribution is -2.30. The summed E-state index contributed by atoms with van der Waals surface area (Å²) < 4.78 is 16.9. The van der Waals surface area contributed by atoms with Gasteiger partial charge in [0.05, 0.1) is 0 Å². The van der Waals surface area contributed by atoms with Crippen molar-refractivity contribution in [1.82, 2.24) is 0 Å². The second-order valence-corrected chi connectivity index (χ2v) is 19.6. The molecule has 0 aromatic rings. The second-order valence-electron chi connectivity index (χ2n) is 19.6. The molecule has 0 saturated heterocycles. The standard InChI is InChI=1S/C63H110O6/c1-4-7-10-13-16-19-22-25-27-29-31-33-35-38-41-44-47-50-53-56-62(65)68-59-60(58-67-61(64)55-52-49-46-43-40-37-24-21-18-15-12-9-6-3)69-63(66)57-54-51-48-45-42-39-36-34-32-30-28-26-23-20-17-14-11-8-5-2/h16-17,19-20,25-28,31,33,38,41,60H,4-15,18,21-24,29-30,32,34-37,39-40,42-59H2,1-3H3/b19-16-,20-17-,27-25-,28-26-,33-31-,41-38-/t60-/m0/s1. The van der Waals surface area contributed by atoms with Crippen LogP contribution >= 0.6 is 0 Å². The summed E-state index contributed by atoms with van der Waals surface area (Å²) in [7, 11) is 0. The third-order valence-corrected chi connectivity index (χ3v) is 12.7. The molecular formula is C63H110O6. The topological polar surface area (TPSA) is 78.9 Å². The summed E-state index contributed by atoms with van der Waals surface area (Å²) >= 11 is 0. The van der Waals surface area contributed by atoms with E-state index in [4.69, 9.17) is 14.2 Å². The second kappa shape index (κ2) is 57.4. The van der Waals surface area contributed by atoms with Crippen molar-refractivity contribution in [3.05, 3.63) is 72.9 Å². The molecule has 0 bridgehead atoms. The van der Waals surface area contributed by atoms with Gasteiger partial charge in [-0.25, -0.2) is 0 Å². The van der Waals surface area contributed by atoms with Crippen molar-refractivity contribution in [1.29, 1.82) is 0 Å². The predicted molar refractivity (Wildman–Crippen MR) is 298 cm³/mol. The summed E-state index contributed by atoms with van der Waals surface area (Å²) in [6.45, 7) is 6.58. The summed E-state index contributed by atoms with van der Waals surface area (Å²) in [5, 5.41) is 0. The van der Waals surface area contributed by atoms with Crippen LogP contribution in [0, 0.1) is 0 Å². The highest BCUT2D eigenvalue weighted by molar-refractivity contribution is 5.71. The minimum Gasteiger partial charge on any atom is -0.462 e. The van der Waals surface area contributed by atoms with Crippen LogP contribution < -0.4 is 0 Å². The zero-order valence-corrected chi connectivity index (χ0v) is 45.6. The van der Waals surface area contributed by atoms with E-state index < -0.39 is 6.10 Å². The molecule has 0 aromatic carbocycles. The number of ether oxygens (including phenoxy) is 3. The van der Waals surface area contributed by atoms with Crippen LogP contribution in [0.2, 0.25) is 0 Å². The molecule has 0 rings (SSSR count). The van der Waals surface area contributed by atoms with Gasteiger partial charge in [-0.2, -0.15) is 0 Å². The van der Waals surface area contributed by atoms with E-state index in [9.17, 15) is 14.4 Å². The first kappa shape index (κ1) is 65.8. The van der Waals surface area contributed by atoms with Crippen molar-refractivity contribution in [2.45, 2.75) is 297 Å². The lowest BCUT2D eigenvalue weighted by molar-refractivity contribution is -0.167. The summed E-state index contributed by atoms with van der Waals surface area (Å²) in [6, 6.07) is 0. The lowest BCUT2D eigenvalue weighted by atomic mass is 10.0. The van der Waals surface area contributed by atoms with E-state index in [1.54, 1.807) is 0 Å². The average molecular weight is 964 g/mol. The van der Waals surface area contributed by atoms with E-state index in [0.29, 0.717) is 19.3 Å². The smallest absolute Gasteiger partial charge is 0.306 e. The molecule has 69 heavy (non-hydrogen) atoms. The Morgan fingerprint density at radius 3 is 0.855 bits per heavy atom. The van der Waals surface area contributed by atoms with Gasteiger partial charge in [0.15, 0.2) is 6.10 Å². The van der Waals surface area contributed by atoms with Crippen LogP contribution in [0.5, 0.6) is 0 Å². The quantitative estimate of drug-likeness (QED) is 0.0262. The van der Waals surface area contributed by atoms with E-state index in [0.717, 1.165) is 89.9 Å². The van der Waals surface area contributed by atoms with Gasteiger partial charge in [0, 0.05) is 19.3 Å². The van der Waals surface area contributed by atoms with Gasteiger partial charge in [-0.05, 0) is 96.3 Å². The first-order chi connectivity index (χ1) is 34.0. The fourth-order valence-electron chi connectivity index (χ4n) is 8.22. The Hall–Kier alpha value is -3.15. The number of allylic oxidation sites excluding steroid dienone is 12. The number of rotatable bonds is 53. The van der Waals surface area contributed by atoms with Crippen LogP contribution in [0.25, 0.3) is 0 Å². The Balaban J connectivity index is 4.42. The first-order valence-corrected chi connectivity index (χ1v) is 29.4. The van der Waals surface area contributed by atoms with Crippen molar-refractivity contribution in [3.63, 3.8) is 0 Å². The molecule has 0 heterocycles. The van der Waals surface area contributed by atoms with Gasteiger partial charge < -0.3 is 14.2 Å². The third kappa shape index (κ3) is 55.6. The normalized spacial score (nSPS) is 12.6. The van der Waals surface area contributed by atoms with E-state index in [2.05, 4.69) is 93.7 Å². The van der Waals surface area contributed by atoms with E-state index in [-0.39, 0.29) is 31.1 Å². The Morgan fingerprint density at radius 1 is 0.290 bits per heavy atom. The van der Waals surface area contributed by atoms with Gasteiger partial charge in [-0.1, -0.05) is 248 Å². The van der Waals surface area contributed by atoms with E-state index in [1.807, 2.05) is 0 Å². The molecular weight excluding hydrogens is 853 g/mol. The molecule has 0 aliphatic heterocycles. The maximum absolute atomic E-state index is 12.9. The number of unbranched alkanes of at least 4 members (excludes halogenated alkanes) is 30. The third-order valence-electron chi connectivity index (χ3n) is 12.7. The average Bonchev–Trinajstić information content (AvgIpc) is 3.35. The molecule has 0 radical (unpaired) electrons. The van der Waals surface area contributed by atoms with Gasteiger partial charge in [0.1, 0.15) is 13.2 Å². The molecule has 0 aliphatic carbocycles. The van der Waals surface area contributed by atoms with Gasteiger partial charge in [0.25, 0.3) is 0 Å². The number of hydrogen-bond acceptors (Lipinski definition) is 6. The van der Waals surface area contributed by atoms with Crippen LogP contribution in [0.4, 0.5) is 0 Å². The predicted octanol–water partition coefficient (Wildman–Crippen LogP) is 19.8. The Kier molecular flexibility index (Phi) is 54.8. The zero-order chi connectivity index (χ0) is 50.0. The molecule has 0 fully saturated rings. The number of carbonyl (C=O) groups is 3. The Bertz CT molecular complexity index is 1290. The summed E-state index contributed by atoms with van der Waals surface area (Å²) in [4.78, 5) is 38.2. The Morgan fingerprint density at radius 2 is 0.522 bits per heavy atom. The van der Waals surface area contributed by atoms with Crippen molar-refractivity contribution >= 4 is 17.9 Å². The molecule has 0 aromatic heterocycles. The summed E-state index contributed by atoms with van der Waals surface area (Å²) in [5.74, 6) is -0.911. The van der Waals surface area contributed by atoms with Crippen LogP contribution in [-0.4, -0.2) is 37.2 Å². The van der Waals surface area contributed by atoms with Crippen molar-refractivity contribution in [2.24, 2.45) is 0 Å². The zero-order valence-electron chi connectivity index (χ0n) is 45.6. The molecule has 0 aliphatic rings. The van der Waals surface area contributed by atoms with Crippen molar-refractivity contribution in [2.75, 3.05) is 13.2 Å². The maximum atomic E-state index is 12.9. The van der Waals surface area contributed by atoms with Crippen LogP contribution in [-0.2, 0) is 28.6 Å². The lowest BCUT2D eigenvalue weighted by Gasteiger charge is -2.18. The summed E-state index contributed by atoms with van der Waals surface area (Å²) in [6.07, 6.45) is 73.1.